The van der Waals surface area contributed by atoms with Crippen molar-refractivity contribution in [1.82, 2.24) is 9.97 Å². The summed E-state index contributed by atoms with van der Waals surface area (Å²) in [5, 5.41) is 2.17. The van der Waals surface area contributed by atoms with E-state index in [1.165, 1.54) is 16.7 Å². The molecule has 160 valence electrons. The van der Waals surface area contributed by atoms with E-state index < -0.39 is 0 Å². The minimum absolute atomic E-state index is 0.290. The summed E-state index contributed by atoms with van der Waals surface area (Å²) in [6.07, 6.45) is 4.83. The lowest BCUT2D eigenvalue weighted by Gasteiger charge is -2.18. The topological polar surface area (TPSA) is 61.0 Å². The van der Waals surface area contributed by atoms with Crippen molar-refractivity contribution in [3.63, 3.8) is 0 Å². The van der Waals surface area contributed by atoms with Crippen LogP contribution in [0.5, 0.6) is 5.75 Å². The van der Waals surface area contributed by atoms with Gasteiger partial charge in [0.25, 0.3) is 0 Å². The van der Waals surface area contributed by atoms with Gasteiger partial charge in [0.2, 0.25) is 0 Å². The highest BCUT2D eigenvalue weighted by molar-refractivity contribution is 6.08. The zero-order valence-corrected chi connectivity index (χ0v) is 18.9. The molecule has 0 bridgehead atoms. The molecule has 0 radical (unpaired) electrons. The van der Waals surface area contributed by atoms with Gasteiger partial charge in [-0.3, -0.25) is 4.98 Å². The predicted octanol–water partition coefficient (Wildman–Crippen LogP) is 6.27. The molecule has 2 heterocycles. The summed E-state index contributed by atoms with van der Waals surface area (Å²) in [6, 6.07) is 16.9. The third-order valence-electron chi connectivity index (χ3n) is 5.62. The van der Waals surface area contributed by atoms with Crippen LogP contribution in [0.4, 0.5) is 5.82 Å². The number of ether oxygens (including phenoxy) is 1. The van der Waals surface area contributed by atoms with Gasteiger partial charge in [-0.1, -0.05) is 45.0 Å². The first-order chi connectivity index (χ1) is 14.8. The molecule has 4 nitrogen and oxygen atoms in total. The van der Waals surface area contributed by atoms with E-state index in [0.29, 0.717) is 11.2 Å². The molecule has 2 N–H and O–H groups in total. The third kappa shape index (κ3) is 5.13. The lowest BCUT2D eigenvalue weighted by atomic mass is 9.93. The van der Waals surface area contributed by atoms with Crippen LogP contribution >= 0.6 is 0 Å². The van der Waals surface area contributed by atoms with Crippen LogP contribution in [0.1, 0.15) is 43.9 Å². The van der Waals surface area contributed by atoms with Crippen LogP contribution in [0.15, 0.2) is 54.7 Å². The Kier molecular flexibility index (Phi) is 5.81. The maximum absolute atomic E-state index is 6.17. The summed E-state index contributed by atoms with van der Waals surface area (Å²) in [5.41, 5.74) is 11.8. The highest BCUT2D eigenvalue weighted by Gasteiger charge is 2.11. The monoisotopic (exact) mass is 413 g/mol. The highest BCUT2D eigenvalue weighted by Crippen LogP contribution is 2.28. The number of nitrogens with two attached hydrogens (primary N) is 1. The molecule has 4 aromatic rings. The van der Waals surface area contributed by atoms with Gasteiger partial charge in [0.15, 0.2) is 5.82 Å². The Labute approximate surface area is 184 Å². The van der Waals surface area contributed by atoms with Crippen molar-refractivity contribution in [1.29, 1.82) is 0 Å². The molecular formula is C27H31N3O. The van der Waals surface area contributed by atoms with Crippen LogP contribution in [0, 0.1) is 12.3 Å². The number of pyridine rings is 2. The van der Waals surface area contributed by atoms with Crippen molar-refractivity contribution in [2.45, 2.75) is 47.0 Å². The van der Waals surface area contributed by atoms with Crippen LogP contribution in [0.25, 0.3) is 21.8 Å². The van der Waals surface area contributed by atoms with Gasteiger partial charge in [-0.15, -0.1) is 0 Å². The van der Waals surface area contributed by atoms with Crippen molar-refractivity contribution in [2.24, 2.45) is 5.41 Å². The van der Waals surface area contributed by atoms with Gasteiger partial charge >= 0.3 is 0 Å². The standard InChI is InChI=1S/C27H31N3O/c1-18-5-12-22-23-16-20(17-29-25(23)26(28)30-24(22)15-18)7-6-19-8-10-21(11-9-19)31-14-13-27(2,3)4/h5,8-12,15-17H,6-7,13-14H2,1-4H3,(H2,28,30). The summed E-state index contributed by atoms with van der Waals surface area (Å²) in [4.78, 5) is 9.16. The second-order valence-electron chi connectivity index (χ2n) is 9.56. The van der Waals surface area contributed by atoms with Crippen molar-refractivity contribution in [3.05, 3.63) is 71.4 Å². The molecule has 0 amide bonds. The molecule has 2 aromatic carbocycles. The van der Waals surface area contributed by atoms with E-state index in [1.807, 2.05) is 6.20 Å². The number of aromatic nitrogens is 2. The van der Waals surface area contributed by atoms with Crippen LogP contribution in [0.3, 0.4) is 0 Å². The maximum Gasteiger partial charge on any atom is 0.150 e. The number of aryl methyl sites for hydroxylation is 3. The van der Waals surface area contributed by atoms with Gasteiger partial charge in [0.1, 0.15) is 11.3 Å². The lowest BCUT2D eigenvalue weighted by Crippen LogP contribution is -2.11. The van der Waals surface area contributed by atoms with Gasteiger partial charge in [0, 0.05) is 17.0 Å². The Hall–Kier alpha value is -3.14. The van der Waals surface area contributed by atoms with E-state index in [1.54, 1.807) is 0 Å². The average molecular weight is 414 g/mol. The first kappa shape index (κ1) is 21.1. The van der Waals surface area contributed by atoms with Crippen molar-refractivity contribution >= 4 is 27.6 Å². The number of nitrogens with zero attached hydrogens (tertiary/aromatic N) is 2. The predicted molar refractivity (Wildman–Crippen MR) is 130 cm³/mol. The number of hydrogen-bond donors (Lipinski definition) is 1. The Bertz CT molecular complexity index is 1210. The Balaban J connectivity index is 1.47. The van der Waals surface area contributed by atoms with E-state index in [9.17, 15) is 0 Å². The molecule has 2 aromatic heterocycles. The second-order valence-corrected chi connectivity index (χ2v) is 9.56. The summed E-state index contributed by atoms with van der Waals surface area (Å²) in [7, 11) is 0. The number of nitrogen functional groups attached to an aromatic ring is 1. The number of hydrogen-bond acceptors (Lipinski definition) is 4. The summed E-state index contributed by atoms with van der Waals surface area (Å²) in [5.74, 6) is 1.42. The second kappa shape index (κ2) is 8.54. The fourth-order valence-corrected chi connectivity index (χ4v) is 3.71. The normalized spacial score (nSPS) is 11.9. The van der Waals surface area contributed by atoms with Gasteiger partial charge in [-0.2, -0.15) is 0 Å². The average Bonchev–Trinajstić information content (AvgIpc) is 2.72. The minimum atomic E-state index is 0.290. The first-order valence-electron chi connectivity index (χ1n) is 10.9. The number of rotatable bonds is 6. The van der Waals surface area contributed by atoms with Crippen LogP contribution in [-0.4, -0.2) is 16.6 Å². The van der Waals surface area contributed by atoms with Crippen LogP contribution in [-0.2, 0) is 12.8 Å². The Morgan fingerprint density at radius 3 is 2.39 bits per heavy atom. The zero-order chi connectivity index (χ0) is 22.0. The Morgan fingerprint density at radius 1 is 0.903 bits per heavy atom. The third-order valence-corrected chi connectivity index (χ3v) is 5.62. The quantitative estimate of drug-likeness (QED) is 0.378. The molecule has 0 spiro atoms. The van der Waals surface area contributed by atoms with Gasteiger partial charge in [-0.25, -0.2) is 4.98 Å². The van der Waals surface area contributed by atoms with Crippen molar-refractivity contribution in [2.75, 3.05) is 12.3 Å². The number of benzene rings is 2. The molecule has 4 rings (SSSR count). The minimum Gasteiger partial charge on any atom is -0.494 e. The molecule has 0 atom stereocenters. The molecule has 0 aliphatic rings. The van der Waals surface area contributed by atoms with Crippen molar-refractivity contribution < 1.29 is 4.74 Å². The van der Waals surface area contributed by atoms with E-state index >= 15 is 0 Å². The van der Waals surface area contributed by atoms with E-state index in [4.69, 9.17) is 10.5 Å². The van der Waals surface area contributed by atoms with Crippen LogP contribution in [0.2, 0.25) is 0 Å². The highest BCUT2D eigenvalue weighted by atomic mass is 16.5. The molecule has 31 heavy (non-hydrogen) atoms. The smallest absolute Gasteiger partial charge is 0.150 e. The molecule has 4 heteroatoms. The molecule has 0 aliphatic carbocycles. The number of anilines is 1. The van der Waals surface area contributed by atoms with E-state index in [0.717, 1.165) is 53.4 Å². The molecule has 0 fully saturated rings. The maximum atomic E-state index is 6.17. The molecule has 0 saturated carbocycles. The summed E-state index contributed by atoms with van der Waals surface area (Å²) >= 11 is 0. The molecular weight excluding hydrogens is 382 g/mol. The van der Waals surface area contributed by atoms with Crippen LogP contribution < -0.4 is 10.5 Å². The van der Waals surface area contributed by atoms with Crippen molar-refractivity contribution in [3.8, 4) is 5.75 Å². The molecule has 0 saturated heterocycles. The summed E-state index contributed by atoms with van der Waals surface area (Å²) in [6.45, 7) is 9.51. The molecule has 0 unspecified atom stereocenters. The number of fused-ring (bicyclic) bond motifs is 3. The van der Waals surface area contributed by atoms with Gasteiger partial charge in [0.05, 0.1) is 12.1 Å². The van der Waals surface area contributed by atoms with E-state index in [2.05, 4.69) is 86.2 Å². The fraction of sp³-hybridized carbons (Fsp3) is 0.333. The van der Waals surface area contributed by atoms with Gasteiger partial charge < -0.3 is 10.5 Å². The summed E-state index contributed by atoms with van der Waals surface area (Å²) < 4.78 is 5.88. The van der Waals surface area contributed by atoms with Gasteiger partial charge in [-0.05, 0) is 72.6 Å². The zero-order valence-electron chi connectivity index (χ0n) is 18.9. The van der Waals surface area contributed by atoms with E-state index in [-0.39, 0.29) is 0 Å². The Morgan fingerprint density at radius 2 is 1.65 bits per heavy atom. The lowest BCUT2D eigenvalue weighted by molar-refractivity contribution is 0.243. The molecule has 0 aliphatic heterocycles. The largest absolute Gasteiger partial charge is 0.494 e. The first-order valence-corrected chi connectivity index (χ1v) is 10.9. The SMILES string of the molecule is Cc1ccc2c(c1)nc(N)c1ncc(CCc3ccc(OCCC(C)(C)C)cc3)cc12. The fourth-order valence-electron chi connectivity index (χ4n) is 3.71.